The average Bonchev–Trinajstić information content (AvgIpc) is 2.95. The van der Waals surface area contributed by atoms with Crippen LogP contribution in [0.4, 0.5) is 16.3 Å². The van der Waals surface area contributed by atoms with Gasteiger partial charge >= 0.3 is 6.09 Å². The van der Waals surface area contributed by atoms with Gasteiger partial charge in [0.2, 0.25) is 0 Å². The van der Waals surface area contributed by atoms with Crippen molar-refractivity contribution >= 4 is 17.6 Å². The standard InChI is InChI=1S/C34H43N5O3/c1-23(2)18-30(39-33(40)42-34(3,4)5)22-41-31-11-8-26(19-28(31)21-35)27-14-17-37-32(20-27)38-29-9-6-24(7-10-29)25-12-15-36-16-13-25/h6-11,14,17,19-20,23,25,30,36H,12-13,15-16,18,22H2,1-5H3,(H,37,38)(H,39,40)/t30-/m0/s1. The Kier molecular flexibility index (Phi) is 10.4. The van der Waals surface area contributed by atoms with Gasteiger partial charge in [-0.25, -0.2) is 9.78 Å². The average molecular weight is 570 g/mol. The largest absolute Gasteiger partial charge is 0.490 e. The molecule has 42 heavy (non-hydrogen) atoms. The van der Waals surface area contributed by atoms with Crippen molar-refractivity contribution in [2.45, 2.75) is 71.4 Å². The highest BCUT2D eigenvalue weighted by atomic mass is 16.6. The highest BCUT2D eigenvalue weighted by Crippen LogP contribution is 2.30. The number of benzene rings is 2. The van der Waals surface area contributed by atoms with Gasteiger partial charge in [0.05, 0.1) is 11.6 Å². The van der Waals surface area contributed by atoms with E-state index in [1.165, 1.54) is 18.4 Å². The first-order chi connectivity index (χ1) is 20.1. The fourth-order valence-electron chi connectivity index (χ4n) is 5.15. The maximum atomic E-state index is 12.4. The zero-order chi connectivity index (χ0) is 30.1. The molecule has 0 saturated carbocycles. The summed E-state index contributed by atoms with van der Waals surface area (Å²) in [6, 6.07) is 20.1. The summed E-state index contributed by atoms with van der Waals surface area (Å²) in [4.78, 5) is 16.9. The molecule has 1 saturated heterocycles. The number of alkyl carbamates (subject to hydrolysis) is 1. The van der Waals surface area contributed by atoms with Gasteiger partial charge in [0.25, 0.3) is 0 Å². The van der Waals surface area contributed by atoms with E-state index < -0.39 is 11.7 Å². The van der Waals surface area contributed by atoms with Crippen molar-refractivity contribution in [2.24, 2.45) is 5.92 Å². The van der Waals surface area contributed by atoms with E-state index in [1.54, 1.807) is 12.3 Å². The Hall–Kier alpha value is -4.09. The molecule has 0 bridgehead atoms. The Morgan fingerprint density at radius 2 is 1.79 bits per heavy atom. The molecule has 2 heterocycles. The number of ether oxygens (including phenoxy) is 2. The lowest BCUT2D eigenvalue weighted by Crippen LogP contribution is -2.42. The molecule has 8 nitrogen and oxygen atoms in total. The third kappa shape index (κ3) is 9.22. The van der Waals surface area contributed by atoms with Crippen molar-refractivity contribution in [2.75, 3.05) is 25.0 Å². The maximum Gasteiger partial charge on any atom is 0.407 e. The van der Waals surface area contributed by atoms with Gasteiger partial charge in [-0.1, -0.05) is 32.0 Å². The molecule has 1 aliphatic heterocycles. The number of amides is 1. The fraction of sp³-hybridized carbons (Fsp3) is 0.441. The van der Waals surface area contributed by atoms with Gasteiger partial charge in [0.15, 0.2) is 0 Å². The molecular formula is C34H43N5O3. The van der Waals surface area contributed by atoms with Crippen LogP contribution in [0.1, 0.15) is 70.9 Å². The van der Waals surface area contributed by atoms with Crippen LogP contribution in [0.2, 0.25) is 0 Å². The fourth-order valence-corrected chi connectivity index (χ4v) is 5.15. The molecule has 2 aromatic carbocycles. The van der Waals surface area contributed by atoms with Crippen LogP contribution in [0.5, 0.6) is 5.75 Å². The number of hydrogen-bond acceptors (Lipinski definition) is 7. The van der Waals surface area contributed by atoms with Gasteiger partial charge in [0, 0.05) is 11.9 Å². The molecule has 1 fully saturated rings. The number of pyridine rings is 1. The minimum absolute atomic E-state index is 0.227. The summed E-state index contributed by atoms with van der Waals surface area (Å²) in [6.07, 6.45) is 4.34. The number of piperidine rings is 1. The van der Waals surface area contributed by atoms with Crippen LogP contribution in [0, 0.1) is 17.2 Å². The molecule has 1 atom stereocenters. The topological polar surface area (TPSA) is 108 Å². The second kappa shape index (κ2) is 14.2. The molecule has 1 amide bonds. The SMILES string of the molecule is CC(C)C[C@@H](COc1ccc(-c2ccnc(Nc3ccc(C4CCNCC4)cc3)c2)cc1C#N)NC(=O)OC(C)(C)C. The normalized spacial score (nSPS) is 14.6. The molecule has 3 N–H and O–H groups in total. The number of carbonyl (C=O) groups is 1. The third-order valence-electron chi connectivity index (χ3n) is 7.10. The van der Waals surface area contributed by atoms with Gasteiger partial charge in [-0.15, -0.1) is 0 Å². The second-order valence-electron chi connectivity index (χ2n) is 12.3. The molecule has 8 heteroatoms. The van der Waals surface area contributed by atoms with E-state index in [0.29, 0.717) is 29.6 Å². The number of aromatic nitrogens is 1. The van der Waals surface area contributed by atoms with Crippen LogP contribution in [0.25, 0.3) is 11.1 Å². The summed E-state index contributed by atoms with van der Waals surface area (Å²) < 4.78 is 11.5. The number of rotatable bonds is 10. The molecule has 222 valence electrons. The van der Waals surface area contributed by atoms with E-state index in [0.717, 1.165) is 35.7 Å². The number of nitriles is 1. The quantitative estimate of drug-likeness (QED) is 0.238. The summed E-state index contributed by atoms with van der Waals surface area (Å²) in [5.41, 5.74) is 4.02. The minimum Gasteiger partial charge on any atom is -0.490 e. The predicted octanol–water partition coefficient (Wildman–Crippen LogP) is 7.15. The predicted molar refractivity (Wildman–Crippen MR) is 167 cm³/mol. The van der Waals surface area contributed by atoms with Crippen molar-refractivity contribution in [3.63, 3.8) is 0 Å². The molecule has 0 spiro atoms. The summed E-state index contributed by atoms with van der Waals surface area (Å²) >= 11 is 0. The first kappa shape index (κ1) is 30.9. The Morgan fingerprint density at radius 1 is 1.07 bits per heavy atom. The summed E-state index contributed by atoms with van der Waals surface area (Å²) in [5, 5.41) is 19.6. The molecule has 0 aliphatic carbocycles. The molecule has 0 unspecified atom stereocenters. The zero-order valence-corrected chi connectivity index (χ0v) is 25.4. The summed E-state index contributed by atoms with van der Waals surface area (Å²) in [7, 11) is 0. The molecular weight excluding hydrogens is 526 g/mol. The Morgan fingerprint density at radius 3 is 2.45 bits per heavy atom. The molecule has 4 rings (SSSR count). The van der Waals surface area contributed by atoms with Crippen molar-refractivity contribution in [1.29, 1.82) is 5.26 Å². The van der Waals surface area contributed by atoms with Crippen LogP contribution in [0.3, 0.4) is 0 Å². The van der Waals surface area contributed by atoms with Crippen molar-refractivity contribution in [1.82, 2.24) is 15.6 Å². The minimum atomic E-state index is -0.587. The van der Waals surface area contributed by atoms with Crippen LogP contribution in [-0.2, 0) is 4.74 Å². The Bertz CT molecular complexity index is 1370. The van der Waals surface area contributed by atoms with Gasteiger partial charge < -0.3 is 25.4 Å². The van der Waals surface area contributed by atoms with Crippen molar-refractivity contribution < 1.29 is 14.3 Å². The lowest BCUT2D eigenvalue weighted by Gasteiger charge is -2.25. The zero-order valence-electron chi connectivity index (χ0n) is 25.4. The van der Waals surface area contributed by atoms with Crippen molar-refractivity contribution in [3.8, 4) is 22.9 Å². The number of nitrogens with zero attached hydrogens (tertiary/aromatic N) is 2. The van der Waals surface area contributed by atoms with Crippen LogP contribution in [0.15, 0.2) is 60.8 Å². The van der Waals surface area contributed by atoms with Gasteiger partial charge in [-0.2, -0.15) is 5.26 Å². The number of anilines is 2. The molecule has 1 aromatic heterocycles. The maximum absolute atomic E-state index is 12.4. The van der Waals surface area contributed by atoms with E-state index in [4.69, 9.17) is 9.47 Å². The molecule has 1 aliphatic rings. The highest BCUT2D eigenvalue weighted by molar-refractivity contribution is 5.71. The van der Waals surface area contributed by atoms with E-state index in [2.05, 4.69) is 65.1 Å². The second-order valence-corrected chi connectivity index (χ2v) is 12.3. The van der Waals surface area contributed by atoms with Crippen LogP contribution >= 0.6 is 0 Å². The Labute approximate surface area is 249 Å². The smallest absolute Gasteiger partial charge is 0.407 e. The van der Waals surface area contributed by atoms with E-state index in [1.807, 2.05) is 45.0 Å². The molecule has 3 aromatic rings. The number of nitrogens with one attached hydrogen (secondary N) is 3. The Balaban J connectivity index is 1.42. The van der Waals surface area contributed by atoms with E-state index in [-0.39, 0.29) is 12.6 Å². The van der Waals surface area contributed by atoms with E-state index in [9.17, 15) is 10.1 Å². The van der Waals surface area contributed by atoms with E-state index >= 15 is 0 Å². The monoisotopic (exact) mass is 569 g/mol. The van der Waals surface area contributed by atoms with Crippen LogP contribution < -0.4 is 20.7 Å². The van der Waals surface area contributed by atoms with Gasteiger partial charge in [0.1, 0.15) is 29.8 Å². The number of carbonyl (C=O) groups excluding carboxylic acids is 1. The van der Waals surface area contributed by atoms with Crippen molar-refractivity contribution in [3.05, 3.63) is 71.9 Å². The summed E-state index contributed by atoms with van der Waals surface area (Å²) in [5.74, 6) is 2.16. The van der Waals surface area contributed by atoms with Crippen LogP contribution in [-0.4, -0.2) is 42.4 Å². The first-order valence-corrected chi connectivity index (χ1v) is 14.8. The molecule has 0 radical (unpaired) electrons. The first-order valence-electron chi connectivity index (χ1n) is 14.8. The lowest BCUT2D eigenvalue weighted by molar-refractivity contribution is 0.0480. The van der Waals surface area contributed by atoms with Gasteiger partial charge in [-0.3, -0.25) is 0 Å². The third-order valence-corrected chi connectivity index (χ3v) is 7.10. The highest BCUT2D eigenvalue weighted by Gasteiger charge is 2.21. The lowest BCUT2D eigenvalue weighted by atomic mass is 9.90. The van der Waals surface area contributed by atoms with Gasteiger partial charge in [-0.05, 0) is 118 Å². The number of hydrogen-bond donors (Lipinski definition) is 3. The summed E-state index contributed by atoms with van der Waals surface area (Å²) in [6.45, 7) is 12.0.